The Morgan fingerprint density at radius 1 is 1.10 bits per heavy atom. The van der Waals surface area contributed by atoms with Crippen LogP contribution in [0.25, 0.3) is 11.0 Å². The normalized spacial score (nSPS) is 11.1. The molecule has 1 heterocycles. The Hall–Kier alpha value is -1.78. The molecule has 3 rings (SSSR count). The molecule has 0 bridgehead atoms. The molecule has 0 spiro atoms. The van der Waals surface area contributed by atoms with Crippen molar-refractivity contribution in [3.05, 3.63) is 59.2 Å². The number of H-pyrrole nitrogens is 1. The molecule has 0 saturated heterocycles. The molecule has 0 aliphatic heterocycles. The van der Waals surface area contributed by atoms with Gasteiger partial charge in [-0.2, -0.15) is 0 Å². The first-order chi connectivity index (χ1) is 9.74. The fourth-order valence-electron chi connectivity index (χ4n) is 2.09. The van der Waals surface area contributed by atoms with Crippen molar-refractivity contribution in [1.29, 1.82) is 0 Å². The molecule has 20 heavy (non-hydrogen) atoms. The Morgan fingerprint density at radius 2 is 1.85 bits per heavy atom. The minimum atomic E-state index is 0.594. The van der Waals surface area contributed by atoms with Crippen LogP contribution in [0.1, 0.15) is 16.7 Å². The van der Waals surface area contributed by atoms with E-state index in [0.29, 0.717) is 6.54 Å². The molecule has 0 unspecified atom stereocenters. The minimum absolute atomic E-state index is 0.594. The summed E-state index contributed by atoms with van der Waals surface area (Å²) >= 11 is 1.72. The van der Waals surface area contributed by atoms with Crippen LogP contribution in [-0.2, 0) is 12.3 Å². The Labute approximate surface area is 122 Å². The molecule has 4 heteroatoms. The number of aryl methyl sites for hydroxylation is 1. The summed E-state index contributed by atoms with van der Waals surface area (Å²) < 4.78 is 0. The van der Waals surface area contributed by atoms with Crippen LogP contribution >= 0.6 is 11.8 Å². The van der Waals surface area contributed by atoms with Gasteiger partial charge in [-0.1, -0.05) is 42.1 Å². The predicted octanol–water partition coefficient (Wildman–Crippen LogP) is 3.62. The van der Waals surface area contributed by atoms with Crippen LogP contribution in [0.2, 0.25) is 0 Å². The van der Waals surface area contributed by atoms with E-state index in [4.69, 9.17) is 5.73 Å². The SMILES string of the molecule is Cc1ccc2nc(SCc3ccc(CN)cc3)[nH]c2c1. The summed E-state index contributed by atoms with van der Waals surface area (Å²) in [5, 5.41) is 0.966. The molecular weight excluding hydrogens is 266 g/mol. The molecule has 3 aromatic rings. The monoisotopic (exact) mass is 283 g/mol. The Morgan fingerprint density at radius 3 is 2.60 bits per heavy atom. The zero-order valence-corrected chi connectivity index (χ0v) is 12.2. The van der Waals surface area contributed by atoms with Crippen LogP contribution in [-0.4, -0.2) is 9.97 Å². The van der Waals surface area contributed by atoms with Crippen molar-refractivity contribution in [2.45, 2.75) is 24.4 Å². The number of thioether (sulfide) groups is 1. The van der Waals surface area contributed by atoms with Gasteiger partial charge >= 0.3 is 0 Å². The lowest BCUT2D eigenvalue weighted by molar-refractivity contribution is 1.06. The number of aromatic nitrogens is 2. The van der Waals surface area contributed by atoms with Crippen LogP contribution in [0.15, 0.2) is 47.6 Å². The van der Waals surface area contributed by atoms with E-state index in [0.717, 1.165) is 27.5 Å². The van der Waals surface area contributed by atoms with Gasteiger partial charge in [-0.15, -0.1) is 0 Å². The average molecular weight is 283 g/mol. The smallest absolute Gasteiger partial charge is 0.166 e. The summed E-state index contributed by atoms with van der Waals surface area (Å²) in [4.78, 5) is 7.95. The van der Waals surface area contributed by atoms with Crippen molar-refractivity contribution in [2.75, 3.05) is 0 Å². The van der Waals surface area contributed by atoms with Crippen molar-refractivity contribution >= 4 is 22.8 Å². The van der Waals surface area contributed by atoms with E-state index in [1.807, 2.05) is 0 Å². The second-order valence-corrected chi connectivity index (χ2v) is 5.84. The summed E-state index contributed by atoms with van der Waals surface area (Å²) in [5.74, 6) is 0.906. The van der Waals surface area contributed by atoms with Gasteiger partial charge in [0.15, 0.2) is 5.16 Å². The van der Waals surface area contributed by atoms with Crippen LogP contribution in [0.4, 0.5) is 0 Å². The van der Waals surface area contributed by atoms with Gasteiger partial charge in [-0.3, -0.25) is 0 Å². The van der Waals surface area contributed by atoms with Crippen molar-refractivity contribution < 1.29 is 0 Å². The maximum atomic E-state index is 5.60. The van der Waals surface area contributed by atoms with E-state index in [1.54, 1.807) is 11.8 Å². The molecule has 1 aromatic heterocycles. The molecule has 0 amide bonds. The van der Waals surface area contributed by atoms with Gasteiger partial charge in [0, 0.05) is 12.3 Å². The maximum absolute atomic E-state index is 5.60. The lowest BCUT2D eigenvalue weighted by Crippen LogP contribution is -1.95. The number of aromatic amines is 1. The predicted molar refractivity (Wildman–Crippen MR) is 84.7 cm³/mol. The van der Waals surface area contributed by atoms with Crippen molar-refractivity contribution in [2.24, 2.45) is 5.73 Å². The third-order valence-corrected chi connectivity index (χ3v) is 4.19. The van der Waals surface area contributed by atoms with Crippen LogP contribution < -0.4 is 5.73 Å². The van der Waals surface area contributed by atoms with Gasteiger partial charge in [0.2, 0.25) is 0 Å². The molecule has 0 saturated carbocycles. The number of rotatable bonds is 4. The number of nitrogens with one attached hydrogen (secondary N) is 1. The third-order valence-electron chi connectivity index (χ3n) is 3.25. The molecule has 0 fully saturated rings. The van der Waals surface area contributed by atoms with Gasteiger partial charge in [-0.05, 0) is 35.7 Å². The average Bonchev–Trinajstić information content (AvgIpc) is 2.87. The Balaban J connectivity index is 1.72. The molecule has 0 aliphatic rings. The standard InChI is InChI=1S/C16H17N3S/c1-11-2-7-14-15(8-11)19-16(18-14)20-10-13-5-3-12(9-17)4-6-13/h2-8H,9-10,17H2,1H3,(H,18,19). The van der Waals surface area contributed by atoms with Crippen LogP contribution in [0.5, 0.6) is 0 Å². The van der Waals surface area contributed by atoms with Gasteiger partial charge in [0.05, 0.1) is 11.0 Å². The Bertz CT molecular complexity index is 716. The van der Waals surface area contributed by atoms with E-state index in [-0.39, 0.29) is 0 Å². The number of fused-ring (bicyclic) bond motifs is 1. The highest BCUT2D eigenvalue weighted by molar-refractivity contribution is 7.98. The molecule has 2 aromatic carbocycles. The Kier molecular flexibility index (Phi) is 3.76. The molecule has 3 nitrogen and oxygen atoms in total. The number of nitrogens with two attached hydrogens (primary N) is 1. The molecule has 3 N–H and O–H groups in total. The van der Waals surface area contributed by atoms with Gasteiger partial charge < -0.3 is 10.7 Å². The highest BCUT2D eigenvalue weighted by Crippen LogP contribution is 2.23. The van der Waals surface area contributed by atoms with Crippen molar-refractivity contribution in [3.63, 3.8) is 0 Å². The van der Waals surface area contributed by atoms with E-state index < -0.39 is 0 Å². The zero-order valence-electron chi connectivity index (χ0n) is 11.4. The van der Waals surface area contributed by atoms with Gasteiger partial charge in [0.1, 0.15) is 0 Å². The van der Waals surface area contributed by atoms with Gasteiger partial charge in [-0.25, -0.2) is 4.98 Å². The van der Waals surface area contributed by atoms with Crippen LogP contribution in [0, 0.1) is 6.92 Å². The minimum Gasteiger partial charge on any atom is -0.333 e. The first-order valence-corrected chi connectivity index (χ1v) is 7.60. The van der Waals surface area contributed by atoms with Crippen LogP contribution in [0.3, 0.4) is 0 Å². The summed E-state index contributed by atoms with van der Waals surface area (Å²) in [5.41, 5.74) is 11.4. The lowest BCUT2D eigenvalue weighted by Gasteiger charge is -2.01. The zero-order chi connectivity index (χ0) is 13.9. The molecule has 0 atom stereocenters. The third kappa shape index (κ3) is 2.86. The summed E-state index contributed by atoms with van der Waals surface area (Å²) in [6.45, 7) is 2.68. The quantitative estimate of drug-likeness (QED) is 0.719. The van der Waals surface area contributed by atoms with Crippen molar-refractivity contribution in [1.82, 2.24) is 9.97 Å². The van der Waals surface area contributed by atoms with E-state index in [1.165, 1.54) is 11.1 Å². The fourth-order valence-corrected chi connectivity index (χ4v) is 2.93. The summed E-state index contributed by atoms with van der Waals surface area (Å²) in [7, 11) is 0. The first-order valence-electron chi connectivity index (χ1n) is 6.61. The molecule has 0 aliphatic carbocycles. The topological polar surface area (TPSA) is 54.7 Å². The highest BCUT2D eigenvalue weighted by Gasteiger charge is 2.04. The second kappa shape index (κ2) is 5.69. The van der Waals surface area contributed by atoms with E-state index in [2.05, 4.69) is 59.4 Å². The number of hydrogen-bond donors (Lipinski definition) is 2. The molecular formula is C16H17N3S. The molecule has 0 radical (unpaired) electrons. The fraction of sp³-hybridized carbons (Fsp3) is 0.188. The lowest BCUT2D eigenvalue weighted by atomic mass is 10.1. The van der Waals surface area contributed by atoms with Gasteiger partial charge in [0.25, 0.3) is 0 Å². The van der Waals surface area contributed by atoms with E-state index >= 15 is 0 Å². The van der Waals surface area contributed by atoms with E-state index in [9.17, 15) is 0 Å². The number of benzene rings is 2. The highest BCUT2D eigenvalue weighted by atomic mass is 32.2. The number of nitrogens with zero attached hydrogens (tertiary/aromatic N) is 1. The second-order valence-electron chi connectivity index (χ2n) is 4.87. The summed E-state index contributed by atoms with van der Waals surface area (Å²) in [6.07, 6.45) is 0. The van der Waals surface area contributed by atoms with Crippen molar-refractivity contribution in [3.8, 4) is 0 Å². The first kappa shape index (κ1) is 13.2. The largest absolute Gasteiger partial charge is 0.333 e. The number of hydrogen-bond acceptors (Lipinski definition) is 3. The summed E-state index contributed by atoms with van der Waals surface area (Å²) in [6, 6.07) is 14.7. The molecule has 102 valence electrons. The maximum Gasteiger partial charge on any atom is 0.166 e. The number of imidazole rings is 1.